The Morgan fingerprint density at radius 3 is 2.83 bits per heavy atom. The smallest absolute Gasteiger partial charge is 0.272 e. The SMILES string of the molecule is O=C(c1ccccn1)N1C[C@@H]2OCCN(CCN3CCCC3)[C@@H]2C1. The number of hydrogen-bond acceptors (Lipinski definition) is 5. The minimum atomic E-state index is 0.0214. The summed E-state index contributed by atoms with van der Waals surface area (Å²) in [6.07, 6.45) is 4.49. The van der Waals surface area contributed by atoms with E-state index in [4.69, 9.17) is 4.74 Å². The van der Waals surface area contributed by atoms with Crippen molar-refractivity contribution in [1.82, 2.24) is 19.7 Å². The molecule has 3 aliphatic rings. The van der Waals surface area contributed by atoms with Gasteiger partial charge < -0.3 is 14.5 Å². The number of fused-ring (bicyclic) bond motifs is 1. The molecule has 0 unspecified atom stereocenters. The van der Waals surface area contributed by atoms with Gasteiger partial charge in [-0.1, -0.05) is 6.07 Å². The predicted molar refractivity (Wildman–Crippen MR) is 90.9 cm³/mol. The third-order valence-corrected chi connectivity index (χ3v) is 5.49. The molecule has 0 saturated carbocycles. The van der Waals surface area contributed by atoms with Crippen molar-refractivity contribution in [3.05, 3.63) is 30.1 Å². The van der Waals surface area contributed by atoms with Gasteiger partial charge in [-0.15, -0.1) is 0 Å². The summed E-state index contributed by atoms with van der Waals surface area (Å²) in [5, 5.41) is 0. The van der Waals surface area contributed by atoms with Crippen molar-refractivity contribution < 1.29 is 9.53 Å². The van der Waals surface area contributed by atoms with E-state index in [9.17, 15) is 4.79 Å². The first-order valence-corrected chi connectivity index (χ1v) is 9.09. The summed E-state index contributed by atoms with van der Waals surface area (Å²) in [7, 11) is 0. The lowest BCUT2D eigenvalue weighted by molar-refractivity contribution is -0.0487. The average Bonchev–Trinajstić information content (AvgIpc) is 3.29. The number of carbonyl (C=O) groups excluding carboxylic acids is 1. The number of likely N-dealkylation sites (tertiary alicyclic amines) is 2. The van der Waals surface area contributed by atoms with Gasteiger partial charge in [0.15, 0.2) is 0 Å². The molecule has 0 radical (unpaired) electrons. The lowest BCUT2D eigenvalue weighted by Gasteiger charge is -2.37. The first kappa shape index (κ1) is 16.0. The standard InChI is InChI=1S/C18H26N4O2/c23-18(15-5-1-2-6-19-15)22-13-16-17(14-22)24-12-11-21(16)10-9-20-7-3-4-8-20/h1-2,5-6,16-17H,3-4,7-14H2/t16-,17+/m1/s1. The lowest BCUT2D eigenvalue weighted by Crippen LogP contribution is -2.52. The summed E-state index contributed by atoms with van der Waals surface area (Å²) in [6, 6.07) is 5.82. The highest BCUT2D eigenvalue weighted by Gasteiger charge is 2.42. The van der Waals surface area contributed by atoms with Crippen LogP contribution >= 0.6 is 0 Å². The molecule has 3 aliphatic heterocycles. The van der Waals surface area contributed by atoms with Crippen LogP contribution in [-0.4, -0.2) is 90.2 Å². The van der Waals surface area contributed by atoms with Crippen LogP contribution in [0.4, 0.5) is 0 Å². The molecule has 2 atom stereocenters. The number of morpholine rings is 1. The van der Waals surface area contributed by atoms with Crippen LogP contribution in [-0.2, 0) is 4.74 Å². The topological polar surface area (TPSA) is 48.9 Å². The van der Waals surface area contributed by atoms with E-state index in [-0.39, 0.29) is 12.0 Å². The summed E-state index contributed by atoms with van der Waals surface area (Å²) in [5.41, 5.74) is 0.528. The Hall–Kier alpha value is -1.50. The van der Waals surface area contributed by atoms with Gasteiger partial charge in [0.25, 0.3) is 5.91 Å². The summed E-state index contributed by atoms with van der Waals surface area (Å²) < 4.78 is 5.95. The molecule has 4 heterocycles. The summed E-state index contributed by atoms with van der Waals surface area (Å²) >= 11 is 0. The molecule has 24 heavy (non-hydrogen) atoms. The van der Waals surface area contributed by atoms with Crippen molar-refractivity contribution in [3.8, 4) is 0 Å². The van der Waals surface area contributed by atoms with E-state index in [1.54, 1.807) is 12.3 Å². The summed E-state index contributed by atoms with van der Waals surface area (Å²) in [6.45, 7) is 7.87. The highest BCUT2D eigenvalue weighted by atomic mass is 16.5. The Morgan fingerprint density at radius 1 is 1.17 bits per heavy atom. The molecule has 1 amide bonds. The fourth-order valence-corrected chi connectivity index (χ4v) is 4.13. The quantitative estimate of drug-likeness (QED) is 0.813. The number of rotatable bonds is 4. The van der Waals surface area contributed by atoms with Crippen molar-refractivity contribution in [2.45, 2.75) is 25.0 Å². The van der Waals surface area contributed by atoms with E-state index < -0.39 is 0 Å². The van der Waals surface area contributed by atoms with E-state index in [1.807, 2.05) is 17.0 Å². The molecule has 130 valence electrons. The van der Waals surface area contributed by atoms with E-state index in [1.165, 1.54) is 25.9 Å². The van der Waals surface area contributed by atoms with Gasteiger partial charge in [0.05, 0.1) is 18.8 Å². The zero-order valence-corrected chi connectivity index (χ0v) is 14.1. The summed E-state index contributed by atoms with van der Waals surface area (Å²) in [4.78, 5) is 23.8. The molecule has 0 aromatic carbocycles. The Bertz CT molecular complexity index is 561. The second-order valence-corrected chi connectivity index (χ2v) is 6.99. The van der Waals surface area contributed by atoms with Gasteiger partial charge in [-0.2, -0.15) is 0 Å². The van der Waals surface area contributed by atoms with Gasteiger partial charge in [-0.25, -0.2) is 0 Å². The van der Waals surface area contributed by atoms with E-state index in [2.05, 4.69) is 14.8 Å². The van der Waals surface area contributed by atoms with Crippen molar-refractivity contribution in [1.29, 1.82) is 0 Å². The van der Waals surface area contributed by atoms with Crippen molar-refractivity contribution in [2.75, 3.05) is 52.4 Å². The average molecular weight is 330 g/mol. The number of nitrogens with zero attached hydrogens (tertiary/aromatic N) is 4. The van der Waals surface area contributed by atoms with Crippen LogP contribution in [0.25, 0.3) is 0 Å². The normalized spacial score (nSPS) is 28.2. The number of amides is 1. The van der Waals surface area contributed by atoms with Crippen LogP contribution in [0.1, 0.15) is 23.3 Å². The first-order valence-electron chi connectivity index (χ1n) is 9.09. The molecule has 0 aliphatic carbocycles. The van der Waals surface area contributed by atoms with Gasteiger partial charge in [-0.05, 0) is 38.1 Å². The van der Waals surface area contributed by atoms with Gasteiger partial charge in [-0.3, -0.25) is 14.7 Å². The monoisotopic (exact) mass is 330 g/mol. The van der Waals surface area contributed by atoms with Crippen LogP contribution < -0.4 is 0 Å². The minimum absolute atomic E-state index is 0.0214. The van der Waals surface area contributed by atoms with Crippen molar-refractivity contribution in [2.24, 2.45) is 0 Å². The molecule has 0 bridgehead atoms. The minimum Gasteiger partial charge on any atom is -0.373 e. The molecule has 1 aromatic heterocycles. The Labute approximate surface area is 143 Å². The first-order chi connectivity index (χ1) is 11.8. The van der Waals surface area contributed by atoms with Crippen LogP contribution in [0.3, 0.4) is 0 Å². The molecule has 0 N–H and O–H groups in total. The van der Waals surface area contributed by atoms with Gasteiger partial charge in [0, 0.05) is 38.9 Å². The Kier molecular flexibility index (Phi) is 4.78. The largest absolute Gasteiger partial charge is 0.373 e. The maximum absolute atomic E-state index is 12.6. The van der Waals surface area contributed by atoms with Crippen LogP contribution in [0.2, 0.25) is 0 Å². The zero-order valence-electron chi connectivity index (χ0n) is 14.1. The Balaban J connectivity index is 1.37. The lowest BCUT2D eigenvalue weighted by atomic mass is 10.1. The fourth-order valence-electron chi connectivity index (χ4n) is 4.13. The molecule has 3 fully saturated rings. The maximum atomic E-state index is 12.6. The molecule has 6 nitrogen and oxygen atoms in total. The molecule has 3 saturated heterocycles. The van der Waals surface area contributed by atoms with E-state index >= 15 is 0 Å². The highest BCUT2D eigenvalue weighted by molar-refractivity contribution is 5.92. The van der Waals surface area contributed by atoms with Gasteiger partial charge in [0.2, 0.25) is 0 Å². The molecular weight excluding hydrogens is 304 g/mol. The fraction of sp³-hybridized carbons (Fsp3) is 0.667. The van der Waals surface area contributed by atoms with Gasteiger partial charge in [0.1, 0.15) is 5.69 Å². The molecule has 6 heteroatoms. The van der Waals surface area contributed by atoms with Crippen LogP contribution in [0.5, 0.6) is 0 Å². The maximum Gasteiger partial charge on any atom is 0.272 e. The zero-order chi connectivity index (χ0) is 16.4. The predicted octanol–water partition coefficient (Wildman–Crippen LogP) is 0.703. The molecular formula is C18H26N4O2. The number of pyridine rings is 1. The molecule has 4 rings (SSSR count). The van der Waals surface area contributed by atoms with Gasteiger partial charge >= 0.3 is 0 Å². The summed E-state index contributed by atoms with van der Waals surface area (Å²) in [5.74, 6) is 0.0214. The molecule has 1 aromatic rings. The third kappa shape index (κ3) is 3.31. The number of ether oxygens (including phenoxy) is 1. The highest BCUT2D eigenvalue weighted by Crippen LogP contribution is 2.24. The van der Waals surface area contributed by atoms with Crippen molar-refractivity contribution in [3.63, 3.8) is 0 Å². The second kappa shape index (κ2) is 7.17. The van der Waals surface area contributed by atoms with E-state index in [0.717, 1.165) is 32.8 Å². The van der Waals surface area contributed by atoms with Crippen LogP contribution in [0.15, 0.2) is 24.4 Å². The van der Waals surface area contributed by atoms with E-state index in [0.29, 0.717) is 18.3 Å². The number of aromatic nitrogens is 1. The number of carbonyl (C=O) groups is 1. The second-order valence-electron chi connectivity index (χ2n) is 6.99. The van der Waals surface area contributed by atoms with Crippen molar-refractivity contribution >= 4 is 5.91 Å². The number of hydrogen-bond donors (Lipinski definition) is 0. The Morgan fingerprint density at radius 2 is 2.04 bits per heavy atom. The third-order valence-electron chi connectivity index (χ3n) is 5.49. The molecule has 0 spiro atoms. The van der Waals surface area contributed by atoms with Crippen LogP contribution in [0, 0.1) is 0 Å².